The molecule has 14 heavy (non-hydrogen) atoms. The van der Waals surface area contributed by atoms with Crippen LogP contribution in [0.1, 0.15) is 26.2 Å². The molecule has 0 aromatic rings. The quantitative estimate of drug-likeness (QED) is 0.682. The van der Waals surface area contributed by atoms with Crippen molar-refractivity contribution in [3.8, 4) is 0 Å². The molecule has 1 aliphatic heterocycles. The van der Waals surface area contributed by atoms with Crippen LogP contribution in [0.4, 0.5) is 0 Å². The predicted molar refractivity (Wildman–Crippen MR) is 51.2 cm³/mol. The summed E-state index contributed by atoms with van der Waals surface area (Å²) in [5.41, 5.74) is -0.701. The van der Waals surface area contributed by atoms with Gasteiger partial charge < -0.3 is 14.6 Å². The highest BCUT2D eigenvalue weighted by molar-refractivity contribution is 5.74. The summed E-state index contributed by atoms with van der Waals surface area (Å²) in [5, 5.41) is 9.15. The minimum Gasteiger partial charge on any atom is -0.481 e. The molecule has 0 saturated carbocycles. The van der Waals surface area contributed by atoms with Gasteiger partial charge in [0.15, 0.2) is 0 Å². The summed E-state index contributed by atoms with van der Waals surface area (Å²) >= 11 is 0. The Labute approximate surface area is 84.2 Å². The van der Waals surface area contributed by atoms with Crippen molar-refractivity contribution in [1.29, 1.82) is 0 Å². The molecule has 1 aliphatic rings. The molecule has 1 heterocycles. The average Bonchev–Trinajstić information content (AvgIpc) is 2.19. The highest BCUT2D eigenvalue weighted by Crippen LogP contribution is 2.31. The Morgan fingerprint density at radius 3 is 2.64 bits per heavy atom. The van der Waals surface area contributed by atoms with Crippen molar-refractivity contribution in [2.24, 2.45) is 5.41 Å². The smallest absolute Gasteiger partial charge is 0.312 e. The molecule has 4 nitrogen and oxygen atoms in total. The zero-order valence-electron chi connectivity index (χ0n) is 8.62. The Morgan fingerprint density at radius 1 is 1.50 bits per heavy atom. The monoisotopic (exact) mass is 202 g/mol. The second-order valence-electron chi connectivity index (χ2n) is 3.75. The fourth-order valence-corrected chi connectivity index (χ4v) is 1.59. The Hall–Kier alpha value is -0.610. The van der Waals surface area contributed by atoms with Crippen LogP contribution in [-0.2, 0) is 14.3 Å². The number of carboxylic acid groups (broad SMARTS) is 1. The summed E-state index contributed by atoms with van der Waals surface area (Å²) < 4.78 is 10.5. The van der Waals surface area contributed by atoms with Crippen LogP contribution in [0.25, 0.3) is 0 Å². The lowest BCUT2D eigenvalue weighted by molar-refractivity contribution is -0.160. The molecule has 1 saturated heterocycles. The lowest BCUT2D eigenvalue weighted by atomic mass is 9.81. The summed E-state index contributed by atoms with van der Waals surface area (Å²) in [6, 6.07) is 0. The summed E-state index contributed by atoms with van der Waals surface area (Å²) in [7, 11) is 0. The number of carbonyl (C=O) groups is 1. The SMILES string of the molecule is CCCOCC1(C(=O)O)CCOCC1. The summed E-state index contributed by atoms with van der Waals surface area (Å²) in [6.45, 7) is 4.02. The van der Waals surface area contributed by atoms with Crippen molar-refractivity contribution in [2.45, 2.75) is 26.2 Å². The second kappa shape index (κ2) is 5.32. The lowest BCUT2D eigenvalue weighted by Gasteiger charge is -2.32. The van der Waals surface area contributed by atoms with Gasteiger partial charge in [0.25, 0.3) is 0 Å². The van der Waals surface area contributed by atoms with E-state index in [0.29, 0.717) is 39.3 Å². The molecule has 1 rings (SSSR count). The van der Waals surface area contributed by atoms with E-state index in [9.17, 15) is 4.79 Å². The normalized spacial score (nSPS) is 20.6. The molecular weight excluding hydrogens is 184 g/mol. The molecule has 0 radical (unpaired) electrons. The molecular formula is C10H18O4. The third-order valence-corrected chi connectivity index (χ3v) is 2.63. The Balaban J connectivity index is 2.47. The van der Waals surface area contributed by atoms with Crippen molar-refractivity contribution in [3.63, 3.8) is 0 Å². The average molecular weight is 202 g/mol. The van der Waals surface area contributed by atoms with Gasteiger partial charge in [0.2, 0.25) is 0 Å². The van der Waals surface area contributed by atoms with Gasteiger partial charge in [-0.2, -0.15) is 0 Å². The van der Waals surface area contributed by atoms with E-state index in [0.717, 1.165) is 6.42 Å². The van der Waals surface area contributed by atoms with Crippen LogP contribution < -0.4 is 0 Å². The van der Waals surface area contributed by atoms with E-state index in [1.54, 1.807) is 0 Å². The maximum absolute atomic E-state index is 11.1. The number of rotatable bonds is 5. The molecule has 0 aliphatic carbocycles. The molecule has 0 bridgehead atoms. The summed E-state index contributed by atoms with van der Waals surface area (Å²) in [4.78, 5) is 11.1. The van der Waals surface area contributed by atoms with Gasteiger partial charge in [-0.05, 0) is 19.3 Å². The third-order valence-electron chi connectivity index (χ3n) is 2.63. The molecule has 0 aromatic carbocycles. The topological polar surface area (TPSA) is 55.8 Å². The van der Waals surface area contributed by atoms with Crippen LogP contribution in [0.3, 0.4) is 0 Å². The van der Waals surface area contributed by atoms with Gasteiger partial charge in [-0.1, -0.05) is 6.92 Å². The van der Waals surface area contributed by atoms with Gasteiger partial charge in [0, 0.05) is 19.8 Å². The van der Waals surface area contributed by atoms with Gasteiger partial charge in [0.1, 0.15) is 0 Å². The lowest BCUT2D eigenvalue weighted by Crippen LogP contribution is -2.41. The maximum atomic E-state index is 11.1. The van der Waals surface area contributed by atoms with Gasteiger partial charge in [-0.3, -0.25) is 4.79 Å². The highest BCUT2D eigenvalue weighted by atomic mass is 16.5. The zero-order valence-corrected chi connectivity index (χ0v) is 8.62. The maximum Gasteiger partial charge on any atom is 0.312 e. The van der Waals surface area contributed by atoms with Crippen LogP contribution in [0.2, 0.25) is 0 Å². The molecule has 0 aromatic heterocycles. The Morgan fingerprint density at radius 2 is 2.14 bits per heavy atom. The van der Waals surface area contributed by atoms with E-state index in [1.807, 2.05) is 6.92 Å². The number of hydrogen-bond donors (Lipinski definition) is 1. The first-order chi connectivity index (χ1) is 6.71. The van der Waals surface area contributed by atoms with Crippen LogP contribution in [0, 0.1) is 5.41 Å². The molecule has 0 amide bonds. The van der Waals surface area contributed by atoms with Crippen molar-refractivity contribution < 1.29 is 19.4 Å². The van der Waals surface area contributed by atoms with Crippen LogP contribution in [0.5, 0.6) is 0 Å². The number of hydrogen-bond acceptors (Lipinski definition) is 3. The first kappa shape index (κ1) is 11.5. The first-order valence-corrected chi connectivity index (χ1v) is 5.10. The molecule has 0 spiro atoms. The summed E-state index contributed by atoms with van der Waals surface area (Å²) in [6.07, 6.45) is 2.05. The fourth-order valence-electron chi connectivity index (χ4n) is 1.59. The minimum atomic E-state index is -0.753. The van der Waals surface area contributed by atoms with E-state index in [4.69, 9.17) is 14.6 Å². The molecule has 1 fully saturated rings. The Kier molecular flexibility index (Phi) is 4.35. The van der Waals surface area contributed by atoms with Gasteiger partial charge in [0.05, 0.1) is 12.0 Å². The van der Waals surface area contributed by atoms with E-state index in [-0.39, 0.29) is 0 Å². The van der Waals surface area contributed by atoms with Gasteiger partial charge >= 0.3 is 5.97 Å². The summed E-state index contributed by atoms with van der Waals surface area (Å²) in [5.74, 6) is -0.753. The number of aliphatic carboxylic acids is 1. The predicted octanol–water partition coefficient (Wildman–Crippen LogP) is 1.29. The van der Waals surface area contributed by atoms with Crippen molar-refractivity contribution in [1.82, 2.24) is 0 Å². The van der Waals surface area contributed by atoms with Crippen molar-refractivity contribution in [3.05, 3.63) is 0 Å². The Bertz CT molecular complexity index is 185. The molecule has 82 valence electrons. The first-order valence-electron chi connectivity index (χ1n) is 5.10. The highest BCUT2D eigenvalue weighted by Gasteiger charge is 2.40. The number of carboxylic acids is 1. The fraction of sp³-hybridized carbons (Fsp3) is 0.900. The largest absolute Gasteiger partial charge is 0.481 e. The van der Waals surface area contributed by atoms with E-state index >= 15 is 0 Å². The number of ether oxygens (including phenoxy) is 2. The van der Waals surface area contributed by atoms with Crippen LogP contribution in [0.15, 0.2) is 0 Å². The minimum absolute atomic E-state index is 0.319. The van der Waals surface area contributed by atoms with E-state index in [1.165, 1.54) is 0 Å². The van der Waals surface area contributed by atoms with E-state index in [2.05, 4.69) is 0 Å². The van der Waals surface area contributed by atoms with Crippen molar-refractivity contribution in [2.75, 3.05) is 26.4 Å². The molecule has 1 N–H and O–H groups in total. The zero-order chi connectivity index (χ0) is 10.4. The molecule has 0 unspecified atom stereocenters. The molecule has 0 atom stereocenters. The van der Waals surface area contributed by atoms with Gasteiger partial charge in [-0.15, -0.1) is 0 Å². The standard InChI is InChI=1S/C10H18O4/c1-2-5-14-8-10(9(11)12)3-6-13-7-4-10/h2-8H2,1H3,(H,11,12). The van der Waals surface area contributed by atoms with E-state index < -0.39 is 11.4 Å². The van der Waals surface area contributed by atoms with Crippen LogP contribution >= 0.6 is 0 Å². The van der Waals surface area contributed by atoms with Crippen molar-refractivity contribution >= 4 is 5.97 Å². The second-order valence-corrected chi connectivity index (χ2v) is 3.75. The van der Waals surface area contributed by atoms with Crippen LogP contribution in [-0.4, -0.2) is 37.5 Å². The third kappa shape index (κ3) is 2.69. The van der Waals surface area contributed by atoms with Gasteiger partial charge in [-0.25, -0.2) is 0 Å². The molecule has 4 heteroatoms.